The van der Waals surface area contributed by atoms with E-state index >= 15 is 0 Å². The molecule has 0 aliphatic rings. The number of nitrogens with zero attached hydrogens (tertiary/aromatic N) is 3. The molecule has 176 valence electrons. The molecule has 0 unspecified atom stereocenters. The number of nitrogens with one attached hydrogen (secondary N) is 2. The van der Waals surface area contributed by atoms with E-state index in [0.717, 1.165) is 0 Å². The number of nitro groups is 1. The fourth-order valence-corrected chi connectivity index (χ4v) is 3.32. The van der Waals surface area contributed by atoms with Crippen molar-refractivity contribution < 1.29 is 24.0 Å². The third kappa shape index (κ3) is 5.33. The van der Waals surface area contributed by atoms with Gasteiger partial charge in [-0.25, -0.2) is 14.6 Å². The lowest BCUT2D eigenvalue weighted by molar-refractivity contribution is -0.385. The number of benzene rings is 2. The fraction of sp³-hybridized carbons (Fsp3) is 0.143. The molecule has 0 spiro atoms. The van der Waals surface area contributed by atoms with E-state index in [1.807, 2.05) is 0 Å². The predicted molar refractivity (Wildman–Crippen MR) is 126 cm³/mol. The van der Waals surface area contributed by atoms with E-state index in [-0.39, 0.29) is 44.3 Å². The Balaban J connectivity index is 2.01. The van der Waals surface area contributed by atoms with Gasteiger partial charge < -0.3 is 20.1 Å². The summed E-state index contributed by atoms with van der Waals surface area (Å²) in [5.41, 5.74) is 0.570. The Morgan fingerprint density at radius 2 is 1.41 bits per heavy atom. The fourth-order valence-electron chi connectivity index (χ4n) is 2.93. The van der Waals surface area contributed by atoms with Gasteiger partial charge >= 0.3 is 17.6 Å². The quantitative estimate of drug-likeness (QED) is 0.253. The number of hydrogen-bond donors (Lipinski definition) is 2. The molecule has 3 aromatic rings. The Morgan fingerprint density at radius 1 is 0.912 bits per heavy atom. The largest absolute Gasteiger partial charge is 0.465 e. The van der Waals surface area contributed by atoms with E-state index in [0.29, 0.717) is 11.4 Å². The van der Waals surface area contributed by atoms with Crippen molar-refractivity contribution in [1.29, 1.82) is 0 Å². The maximum Gasteiger partial charge on any atom is 0.339 e. The minimum Gasteiger partial charge on any atom is -0.465 e. The minimum atomic E-state index is -0.673. The van der Waals surface area contributed by atoms with Gasteiger partial charge in [-0.2, -0.15) is 4.98 Å². The number of carbonyl (C=O) groups is 2. The van der Waals surface area contributed by atoms with E-state index < -0.39 is 16.9 Å². The number of carbonyl (C=O) groups excluding carboxylic acids is 2. The first kappa shape index (κ1) is 24.7. The summed E-state index contributed by atoms with van der Waals surface area (Å²) in [6.07, 6.45) is 0. The van der Waals surface area contributed by atoms with Gasteiger partial charge in [0.15, 0.2) is 0 Å². The highest BCUT2D eigenvalue weighted by molar-refractivity contribution is 6.34. The number of aryl methyl sites for hydroxylation is 1. The van der Waals surface area contributed by atoms with E-state index in [1.54, 1.807) is 6.07 Å². The van der Waals surface area contributed by atoms with Gasteiger partial charge in [0.05, 0.1) is 40.3 Å². The van der Waals surface area contributed by atoms with Gasteiger partial charge in [-0.15, -0.1) is 0 Å². The van der Waals surface area contributed by atoms with Crippen molar-refractivity contribution in [2.75, 3.05) is 24.9 Å². The first-order valence-electron chi connectivity index (χ1n) is 9.47. The SMILES string of the molecule is COC(=O)c1cc(Nc2nc(C)c([N+](=O)[O-])c(Nc3ccc(Cl)c(C(=O)OC)c3)n2)ccc1Cl. The summed E-state index contributed by atoms with van der Waals surface area (Å²) in [6.45, 7) is 1.44. The smallest absolute Gasteiger partial charge is 0.339 e. The number of halogens is 2. The highest BCUT2D eigenvalue weighted by atomic mass is 35.5. The number of ether oxygens (including phenoxy) is 2. The van der Waals surface area contributed by atoms with Gasteiger partial charge in [0.1, 0.15) is 5.69 Å². The van der Waals surface area contributed by atoms with Crippen LogP contribution in [0, 0.1) is 17.0 Å². The van der Waals surface area contributed by atoms with Crippen molar-refractivity contribution in [3.8, 4) is 0 Å². The number of esters is 2. The van der Waals surface area contributed by atoms with Crippen LogP contribution in [0.3, 0.4) is 0 Å². The van der Waals surface area contributed by atoms with Crippen LogP contribution < -0.4 is 10.6 Å². The molecule has 0 fully saturated rings. The van der Waals surface area contributed by atoms with Crippen molar-refractivity contribution in [3.05, 3.63) is 73.4 Å². The minimum absolute atomic E-state index is 0.00546. The summed E-state index contributed by atoms with van der Waals surface area (Å²) in [5.74, 6) is -1.44. The molecule has 1 aromatic heterocycles. The van der Waals surface area contributed by atoms with Crippen LogP contribution in [-0.2, 0) is 9.47 Å². The zero-order valence-corrected chi connectivity index (χ0v) is 19.5. The number of rotatable bonds is 7. The Bertz CT molecular complexity index is 1300. The maximum atomic E-state index is 11.9. The van der Waals surface area contributed by atoms with Crippen molar-refractivity contribution in [2.45, 2.75) is 6.92 Å². The molecule has 11 nitrogen and oxygen atoms in total. The number of hydrogen-bond acceptors (Lipinski definition) is 10. The molecular formula is C21H17Cl2N5O6. The molecule has 0 radical (unpaired) electrons. The second kappa shape index (κ2) is 10.3. The summed E-state index contributed by atoms with van der Waals surface area (Å²) in [7, 11) is 2.43. The van der Waals surface area contributed by atoms with Gasteiger partial charge in [-0.3, -0.25) is 10.1 Å². The molecule has 13 heteroatoms. The van der Waals surface area contributed by atoms with E-state index in [4.69, 9.17) is 32.7 Å². The predicted octanol–water partition coefficient (Wildman–Crippen LogP) is 5.06. The molecule has 0 atom stereocenters. The van der Waals surface area contributed by atoms with Crippen LogP contribution >= 0.6 is 23.2 Å². The van der Waals surface area contributed by atoms with Crippen LogP contribution in [0.4, 0.5) is 28.8 Å². The van der Waals surface area contributed by atoms with Crippen LogP contribution in [0.1, 0.15) is 26.4 Å². The van der Waals surface area contributed by atoms with Crippen LogP contribution in [-0.4, -0.2) is 41.0 Å². The summed E-state index contributed by atoms with van der Waals surface area (Å²) in [6, 6.07) is 8.83. The monoisotopic (exact) mass is 505 g/mol. The van der Waals surface area contributed by atoms with Crippen molar-refractivity contribution in [2.24, 2.45) is 0 Å². The van der Waals surface area contributed by atoms with Crippen molar-refractivity contribution >= 4 is 64.0 Å². The Hall–Kier alpha value is -3.96. The maximum absolute atomic E-state index is 11.9. The van der Waals surface area contributed by atoms with E-state index in [1.165, 1.54) is 51.5 Å². The third-order valence-electron chi connectivity index (χ3n) is 4.50. The molecule has 34 heavy (non-hydrogen) atoms. The summed E-state index contributed by atoms with van der Waals surface area (Å²) in [5, 5.41) is 17.7. The molecule has 0 saturated carbocycles. The average Bonchev–Trinajstić information content (AvgIpc) is 2.80. The molecule has 2 aromatic carbocycles. The van der Waals surface area contributed by atoms with Gasteiger partial charge in [-0.1, -0.05) is 23.2 Å². The number of methoxy groups -OCH3 is 2. The van der Waals surface area contributed by atoms with Gasteiger partial charge in [0.2, 0.25) is 11.8 Å². The van der Waals surface area contributed by atoms with Gasteiger partial charge in [0.25, 0.3) is 0 Å². The summed E-state index contributed by atoms with van der Waals surface area (Å²) >= 11 is 12.1. The second-order valence-corrected chi connectivity index (χ2v) is 7.52. The molecule has 0 saturated heterocycles. The highest BCUT2D eigenvalue weighted by Crippen LogP contribution is 2.32. The lowest BCUT2D eigenvalue weighted by Gasteiger charge is -2.12. The Morgan fingerprint density at radius 3 is 1.88 bits per heavy atom. The van der Waals surface area contributed by atoms with E-state index in [2.05, 4.69) is 20.6 Å². The first-order chi connectivity index (χ1) is 16.1. The van der Waals surface area contributed by atoms with Crippen LogP contribution in [0.25, 0.3) is 0 Å². The van der Waals surface area contributed by atoms with Crippen LogP contribution in [0.15, 0.2) is 36.4 Å². The standard InChI is InChI=1S/C21H17Cl2N5O6/c1-10-17(28(31)32)18(25-11-4-6-15(22)13(8-11)19(29)33-2)27-21(24-10)26-12-5-7-16(23)14(9-12)20(30)34-3/h4-9H,1-3H3,(H2,24,25,26,27). The van der Waals surface area contributed by atoms with Gasteiger partial charge in [-0.05, 0) is 43.3 Å². The van der Waals surface area contributed by atoms with Gasteiger partial charge in [0, 0.05) is 11.4 Å². The third-order valence-corrected chi connectivity index (χ3v) is 5.16. The lowest BCUT2D eigenvalue weighted by Crippen LogP contribution is -2.09. The molecule has 0 aliphatic heterocycles. The van der Waals surface area contributed by atoms with Crippen LogP contribution in [0.5, 0.6) is 0 Å². The highest BCUT2D eigenvalue weighted by Gasteiger charge is 2.23. The zero-order chi connectivity index (χ0) is 25.0. The molecule has 0 amide bonds. The molecular weight excluding hydrogens is 489 g/mol. The Labute approximate surface area is 203 Å². The van der Waals surface area contributed by atoms with Crippen LogP contribution in [0.2, 0.25) is 10.0 Å². The Kier molecular flexibility index (Phi) is 7.49. The first-order valence-corrected chi connectivity index (χ1v) is 10.2. The molecule has 2 N–H and O–H groups in total. The lowest BCUT2D eigenvalue weighted by atomic mass is 10.2. The van der Waals surface area contributed by atoms with Crippen molar-refractivity contribution in [3.63, 3.8) is 0 Å². The molecule has 3 rings (SSSR count). The molecule has 0 aliphatic carbocycles. The summed E-state index contributed by atoms with van der Waals surface area (Å²) in [4.78, 5) is 43.2. The summed E-state index contributed by atoms with van der Waals surface area (Å²) < 4.78 is 9.40. The average molecular weight is 506 g/mol. The normalized spacial score (nSPS) is 10.4. The van der Waals surface area contributed by atoms with E-state index in [9.17, 15) is 19.7 Å². The second-order valence-electron chi connectivity index (χ2n) is 6.71. The van der Waals surface area contributed by atoms with Crippen molar-refractivity contribution in [1.82, 2.24) is 9.97 Å². The topological polar surface area (TPSA) is 146 Å². The number of anilines is 4. The zero-order valence-electron chi connectivity index (χ0n) is 18.0. The molecule has 1 heterocycles. The molecule has 0 bridgehead atoms. The number of aromatic nitrogens is 2.